The van der Waals surface area contributed by atoms with Crippen molar-refractivity contribution in [2.75, 3.05) is 13.7 Å². The number of oxazole rings is 2. The smallest absolute Gasteiger partial charge is 0.360 e. The van der Waals surface area contributed by atoms with Crippen molar-refractivity contribution >= 4 is 11.8 Å². The lowest BCUT2D eigenvalue weighted by atomic mass is 10.0. The molecule has 2 aromatic heterocycles. The number of hydrogen-bond acceptors (Lipinski definition) is 8. The van der Waals surface area contributed by atoms with Gasteiger partial charge in [0.05, 0.1) is 19.6 Å². The first kappa shape index (κ1) is 20.8. The quantitative estimate of drug-likeness (QED) is 0.359. The first-order chi connectivity index (χ1) is 13.0. The van der Waals surface area contributed by atoms with Gasteiger partial charge in [-0.05, 0) is 6.42 Å². The van der Waals surface area contributed by atoms with E-state index in [1.54, 1.807) is 0 Å². The summed E-state index contributed by atoms with van der Waals surface area (Å²) in [5.74, 6) is -0.838. The number of Topliss-reactive ketones (excluding diaryl/α,β-unsaturated/α-hetero) is 1. The van der Waals surface area contributed by atoms with Gasteiger partial charge in [-0.2, -0.15) is 0 Å². The zero-order chi connectivity index (χ0) is 19.8. The summed E-state index contributed by atoms with van der Waals surface area (Å²) >= 11 is 0. The number of hydrogen-bond donors (Lipinski definition) is 1. The fourth-order valence-electron chi connectivity index (χ4n) is 2.70. The lowest BCUT2D eigenvalue weighted by Crippen LogP contribution is -2.12. The summed E-state index contributed by atoms with van der Waals surface area (Å²) in [5, 5.41) is 9.58. The maximum absolute atomic E-state index is 12.5. The van der Waals surface area contributed by atoms with E-state index >= 15 is 0 Å². The summed E-state index contributed by atoms with van der Waals surface area (Å²) in [6, 6.07) is 0. The molecule has 0 saturated carbocycles. The molecule has 0 aliphatic heterocycles. The predicted octanol–water partition coefficient (Wildman–Crippen LogP) is 3.48. The molecular weight excluding hydrogens is 352 g/mol. The van der Waals surface area contributed by atoms with Crippen molar-refractivity contribution < 1.29 is 28.3 Å². The van der Waals surface area contributed by atoms with Gasteiger partial charge in [-0.1, -0.05) is 33.1 Å². The molecule has 0 spiro atoms. The Balaban J connectivity index is 2.00. The van der Waals surface area contributed by atoms with Crippen molar-refractivity contribution in [2.45, 2.75) is 57.8 Å². The SMILES string of the molecule is CCCCCC(C)c1nc(C(=O)CC(CO)c2nc(C(=O)OC)co2)co1. The van der Waals surface area contributed by atoms with Crippen LogP contribution < -0.4 is 0 Å². The zero-order valence-corrected chi connectivity index (χ0v) is 15.9. The molecule has 0 bridgehead atoms. The van der Waals surface area contributed by atoms with Gasteiger partial charge in [0.15, 0.2) is 17.4 Å². The van der Waals surface area contributed by atoms with Crippen LogP contribution in [0.3, 0.4) is 0 Å². The van der Waals surface area contributed by atoms with Crippen LogP contribution in [-0.4, -0.2) is 40.5 Å². The molecule has 2 unspecified atom stereocenters. The number of ether oxygens (including phenoxy) is 1. The number of nitrogens with zero attached hydrogens (tertiary/aromatic N) is 2. The van der Waals surface area contributed by atoms with Crippen LogP contribution >= 0.6 is 0 Å². The molecule has 148 valence electrons. The molecule has 2 atom stereocenters. The molecule has 0 fully saturated rings. The van der Waals surface area contributed by atoms with E-state index in [0.717, 1.165) is 31.9 Å². The highest BCUT2D eigenvalue weighted by atomic mass is 16.5. The van der Waals surface area contributed by atoms with Gasteiger partial charge in [-0.15, -0.1) is 0 Å². The Morgan fingerprint density at radius 1 is 1.15 bits per heavy atom. The number of carbonyl (C=O) groups excluding carboxylic acids is 2. The van der Waals surface area contributed by atoms with Gasteiger partial charge < -0.3 is 18.7 Å². The number of aromatic nitrogens is 2. The van der Waals surface area contributed by atoms with Crippen molar-refractivity contribution in [3.8, 4) is 0 Å². The Hall–Kier alpha value is -2.48. The molecule has 0 saturated heterocycles. The van der Waals surface area contributed by atoms with E-state index in [4.69, 9.17) is 8.83 Å². The third-order valence-electron chi connectivity index (χ3n) is 4.39. The summed E-state index contributed by atoms with van der Waals surface area (Å²) in [6.45, 7) is 3.81. The van der Waals surface area contributed by atoms with E-state index in [0.29, 0.717) is 5.89 Å². The molecule has 1 N–H and O–H groups in total. The van der Waals surface area contributed by atoms with E-state index in [9.17, 15) is 14.7 Å². The average molecular weight is 378 g/mol. The average Bonchev–Trinajstić information content (AvgIpc) is 3.35. The number of carbonyl (C=O) groups is 2. The molecule has 0 amide bonds. The van der Waals surface area contributed by atoms with Crippen LogP contribution in [0, 0.1) is 0 Å². The summed E-state index contributed by atoms with van der Waals surface area (Å²) in [6.07, 6.45) is 6.75. The highest BCUT2D eigenvalue weighted by molar-refractivity contribution is 5.94. The summed E-state index contributed by atoms with van der Waals surface area (Å²) < 4.78 is 15.2. The van der Waals surface area contributed by atoms with Crippen molar-refractivity contribution in [1.82, 2.24) is 9.97 Å². The summed E-state index contributed by atoms with van der Waals surface area (Å²) in [4.78, 5) is 32.2. The third kappa shape index (κ3) is 5.50. The van der Waals surface area contributed by atoms with Crippen LogP contribution in [0.25, 0.3) is 0 Å². The number of unbranched alkanes of at least 4 members (excludes halogenated alkanes) is 2. The van der Waals surface area contributed by atoms with Crippen molar-refractivity contribution in [2.24, 2.45) is 0 Å². The lowest BCUT2D eigenvalue weighted by Gasteiger charge is -2.08. The Morgan fingerprint density at radius 3 is 2.48 bits per heavy atom. The topological polar surface area (TPSA) is 116 Å². The summed E-state index contributed by atoms with van der Waals surface area (Å²) in [5.41, 5.74) is 0.202. The molecule has 0 aliphatic carbocycles. The van der Waals surface area contributed by atoms with Crippen LogP contribution in [-0.2, 0) is 4.74 Å². The van der Waals surface area contributed by atoms with E-state index < -0.39 is 11.9 Å². The normalized spacial score (nSPS) is 13.3. The van der Waals surface area contributed by atoms with E-state index in [1.165, 1.54) is 13.4 Å². The van der Waals surface area contributed by atoms with Crippen molar-refractivity contribution in [1.29, 1.82) is 0 Å². The monoisotopic (exact) mass is 378 g/mol. The van der Waals surface area contributed by atoms with Crippen LogP contribution in [0.15, 0.2) is 21.4 Å². The first-order valence-corrected chi connectivity index (χ1v) is 9.13. The molecule has 0 aliphatic rings. The Kier molecular flexibility index (Phi) is 7.72. The fourth-order valence-corrected chi connectivity index (χ4v) is 2.70. The number of aliphatic hydroxyl groups is 1. The Labute approximate surface area is 157 Å². The van der Waals surface area contributed by atoms with E-state index in [2.05, 4.69) is 21.6 Å². The Bertz CT molecular complexity index is 751. The predicted molar refractivity (Wildman–Crippen MR) is 95.7 cm³/mol. The number of methoxy groups -OCH3 is 1. The van der Waals surface area contributed by atoms with E-state index in [1.807, 2.05) is 6.92 Å². The summed E-state index contributed by atoms with van der Waals surface area (Å²) in [7, 11) is 1.23. The van der Waals surface area contributed by atoms with Crippen LogP contribution in [0.5, 0.6) is 0 Å². The van der Waals surface area contributed by atoms with Crippen LogP contribution in [0.4, 0.5) is 0 Å². The molecule has 27 heavy (non-hydrogen) atoms. The molecule has 0 radical (unpaired) electrons. The second kappa shape index (κ2) is 10.0. The highest BCUT2D eigenvalue weighted by Crippen LogP contribution is 2.24. The third-order valence-corrected chi connectivity index (χ3v) is 4.39. The Morgan fingerprint density at radius 2 is 1.81 bits per heavy atom. The standard InChI is InChI=1S/C19H26N2O6/c1-4-5-6-7-12(2)17-20-14(10-26-17)16(23)8-13(9-22)18-21-15(11-27-18)19(24)25-3/h10-13,22H,4-9H2,1-3H3. The molecule has 0 aromatic carbocycles. The van der Waals surface area contributed by atoms with Crippen LogP contribution in [0.1, 0.15) is 90.5 Å². The van der Waals surface area contributed by atoms with Crippen molar-refractivity contribution in [3.05, 3.63) is 35.7 Å². The van der Waals surface area contributed by atoms with Gasteiger partial charge in [-0.3, -0.25) is 4.79 Å². The van der Waals surface area contributed by atoms with Gasteiger partial charge in [0.25, 0.3) is 0 Å². The minimum atomic E-state index is -0.682. The largest absolute Gasteiger partial charge is 0.464 e. The maximum Gasteiger partial charge on any atom is 0.360 e. The number of rotatable bonds is 11. The maximum atomic E-state index is 12.5. The minimum Gasteiger partial charge on any atom is -0.464 e. The number of esters is 1. The van der Waals surface area contributed by atoms with Gasteiger partial charge in [0.2, 0.25) is 5.89 Å². The molecular formula is C19H26N2O6. The van der Waals surface area contributed by atoms with Gasteiger partial charge >= 0.3 is 5.97 Å². The second-order valence-electron chi connectivity index (χ2n) is 6.54. The van der Waals surface area contributed by atoms with Crippen LogP contribution in [0.2, 0.25) is 0 Å². The number of ketones is 1. The molecule has 2 rings (SSSR count). The van der Waals surface area contributed by atoms with Gasteiger partial charge in [-0.25, -0.2) is 14.8 Å². The second-order valence-corrected chi connectivity index (χ2v) is 6.54. The zero-order valence-electron chi connectivity index (χ0n) is 15.9. The first-order valence-electron chi connectivity index (χ1n) is 9.13. The minimum absolute atomic E-state index is 0.0111. The van der Waals surface area contributed by atoms with Gasteiger partial charge in [0, 0.05) is 12.3 Å². The van der Waals surface area contributed by atoms with E-state index in [-0.39, 0.29) is 42.0 Å². The lowest BCUT2D eigenvalue weighted by molar-refractivity contribution is 0.0593. The molecule has 2 heterocycles. The fraction of sp³-hybridized carbons (Fsp3) is 0.579. The number of aliphatic hydroxyl groups excluding tert-OH is 1. The highest BCUT2D eigenvalue weighted by Gasteiger charge is 2.25. The molecule has 2 aromatic rings. The van der Waals surface area contributed by atoms with Crippen molar-refractivity contribution in [3.63, 3.8) is 0 Å². The van der Waals surface area contributed by atoms with Gasteiger partial charge in [0.1, 0.15) is 18.2 Å². The molecule has 8 heteroatoms. The molecule has 8 nitrogen and oxygen atoms in total.